The number of anilines is 1. The summed E-state index contributed by atoms with van der Waals surface area (Å²) >= 11 is 10.9. The number of fused-ring (bicyclic) bond motifs is 5. The number of nitrogens with zero attached hydrogens (tertiary/aromatic N) is 1. The maximum absolute atomic E-state index is 12.9. The Kier molecular flexibility index (Phi) is 7.00. The minimum absolute atomic E-state index is 0.00372. The lowest BCUT2D eigenvalue weighted by Gasteiger charge is -2.28. The second-order valence-electron chi connectivity index (χ2n) is 9.11. The Morgan fingerprint density at radius 2 is 1.61 bits per heavy atom. The van der Waals surface area contributed by atoms with Crippen molar-refractivity contribution in [2.75, 3.05) is 11.9 Å². The Balaban J connectivity index is 1.22. The largest absolute Gasteiger partial charge is 0.326 e. The van der Waals surface area contributed by atoms with E-state index in [4.69, 9.17) is 0 Å². The van der Waals surface area contributed by atoms with Gasteiger partial charge >= 0.3 is 0 Å². The number of carbonyl (C=O) groups excluding carboxylic acids is 3. The van der Waals surface area contributed by atoms with Crippen LogP contribution in [0, 0.1) is 37.5 Å². The van der Waals surface area contributed by atoms with Gasteiger partial charge in [-0.1, -0.05) is 54.2 Å². The van der Waals surface area contributed by atoms with Crippen LogP contribution in [0.1, 0.15) is 43.2 Å². The predicted molar refractivity (Wildman–Crippen MR) is 131 cm³/mol. The molecule has 2 aliphatic carbocycles. The molecule has 5 nitrogen and oxygen atoms in total. The van der Waals surface area contributed by atoms with Gasteiger partial charge in [0.1, 0.15) is 0 Å². The Morgan fingerprint density at radius 3 is 2.23 bits per heavy atom. The number of unbranched alkanes of at least 4 members (excludes halogenated alkanes) is 2. The number of hydrogen-bond donors (Lipinski definition) is 1. The highest BCUT2D eigenvalue weighted by molar-refractivity contribution is 9.12. The summed E-state index contributed by atoms with van der Waals surface area (Å²) in [5, 5.41) is 2.99. The molecule has 0 aromatic heterocycles. The van der Waals surface area contributed by atoms with Crippen molar-refractivity contribution in [1.29, 1.82) is 0 Å². The lowest BCUT2D eigenvalue weighted by atomic mass is 9.81. The Bertz CT molecular complexity index is 890. The predicted octanol–water partition coefficient (Wildman–Crippen LogP) is 5.34. The molecule has 0 radical (unpaired) electrons. The van der Waals surface area contributed by atoms with Crippen molar-refractivity contribution in [3.8, 4) is 0 Å². The van der Waals surface area contributed by atoms with Gasteiger partial charge in [-0.3, -0.25) is 19.3 Å². The molecule has 168 valence electrons. The zero-order chi connectivity index (χ0) is 22.4. The van der Waals surface area contributed by atoms with E-state index in [1.54, 1.807) is 0 Å². The van der Waals surface area contributed by atoms with Crippen molar-refractivity contribution in [3.63, 3.8) is 0 Å². The normalized spacial score (nSPS) is 31.5. The number of halogens is 3. The lowest BCUT2D eigenvalue weighted by Crippen LogP contribution is -2.37. The SMILES string of the molecule is Cc1cc(NC(=O)CCCCCN2C(=O)[C@@H]3[C@@H]4C[C@@H]([C@@H](Br)[C@@H]4Br)[C@@H]3C2=O)c(C)cc1Br. The molecule has 0 spiro atoms. The van der Waals surface area contributed by atoms with E-state index >= 15 is 0 Å². The first-order valence-electron chi connectivity index (χ1n) is 10.9. The van der Waals surface area contributed by atoms with Crippen molar-refractivity contribution in [2.45, 2.75) is 55.6 Å². The second-order valence-corrected chi connectivity index (χ2v) is 12.1. The molecule has 2 bridgehead atoms. The summed E-state index contributed by atoms with van der Waals surface area (Å²) in [6, 6.07) is 3.98. The van der Waals surface area contributed by atoms with Gasteiger partial charge in [-0.05, 0) is 68.2 Å². The number of rotatable bonds is 7. The maximum atomic E-state index is 12.9. The Hall–Kier alpha value is -0.730. The van der Waals surface area contributed by atoms with Crippen LogP contribution >= 0.6 is 47.8 Å². The zero-order valence-corrected chi connectivity index (χ0v) is 22.4. The molecule has 2 saturated carbocycles. The highest BCUT2D eigenvalue weighted by Gasteiger charge is 2.66. The van der Waals surface area contributed by atoms with E-state index in [0.717, 1.165) is 47.0 Å². The molecule has 3 amide bonds. The van der Waals surface area contributed by atoms with Crippen molar-refractivity contribution in [1.82, 2.24) is 4.90 Å². The molecule has 0 unspecified atom stereocenters. The van der Waals surface area contributed by atoms with Crippen LogP contribution in [0.5, 0.6) is 0 Å². The van der Waals surface area contributed by atoms with Gasteiger partial charge in [-0.15, -0.1) is 0 Å². The number of hydrogen-bond acceptors (Lipinski definition) is 3. The number of likely N-dealkylation sites (tertiary alicyclic amines) is 1. The number of aryl methyl sites for hydroxylation is 2. The first-order chi connectivity index (χ1) is 14.7. The summed E-state index contributed by atoms with van der Waals surface area (Å²) in [7, 11) is 0. The minimum Gasteiger partial charge on any atom is -0.326 e. The highest BCUT2D eigenvalue weighted by Crippen LogP contribution is 2.60. The van der Waals surface area contributed by atoms with Gasteiger partial charge in [0.2, 0.25) is 17.7 Å². The van der Waals surface area contributed by atoms with E-state index < -0.39 is 0 Å². The first kappa shape index (κ1) is 23.4. The van der Waals surface area contributed by atoms with Gasteiger partial charge in [-0.25, -0.2) is 0 Å². The molecule has 4 rings (SSSR count). The number of benzene rings is 1. The second kappa shape index (κ2) is 9.26. The van der Waals surface area contributed by atoms with Crippen LogP contribution < -0.4 is 5.32 Å². The average Bonchev–Trinajstić information content (AvgIpc) is 3.32. The number of alkyl halides is 2. The van der Waals surface area contributed by atoms with E-state index in [2.05, 4.69) is 53.1 Å². The fourth-order valence-electron chi connectivity index (χ4n) is 5.49. The summed E-state index contributed by atoms with van der Waals surface area (Å²) in [5.74, 6) is 0.273. The third-order valence-corrected chi connectivity index (χ3v) is 11.2. The van der Waals surface area contributed by atoms with Crippen LogP contribution in [0.4, 0.5) is 5.69 Å². The monoisotopic (exact) mass is 616 g/mol. The number of amides is 3. The quantitative estimate of drug-likeness (QED) is 0.255. The molecule has 1 heterocycles. The van der Waals surface area contributed by atoms with Crippen molar-refractivity contribution < 1.29 is 14.4 Å². The van der Waals surface area contributed by atoms with Gasteiger partial charge in [0.25, 0.3) is 0 Å². The van der Waals surface area contributed by atoms with Crippen molar-refractivity contribution in [2.24, 2.45) is 23.7 Å². The van der Waals surface area contributed by atoms with E-state index in [1.807, 2.05) is 26.0 Å². The molecular weight excluding hydrogens is 592 g/mol. The van der Waals surface area contributed by atoms with Gasteiger partial charge in [0.15, 0.2) is 0 Å². The molecule has 1 N–H and O–H groups in total. The van der Waals surface area contributed by atoms with Gasteiger partial charge in [0, 0.05) is 32.8 Å². The molecule has 8 heteroatoms. The highest BCUT2D eigenvalue weighted by atomic mass is 79.9. The molecule has 1 saturated heterocycles. The third-order valence-electron chi connectivity index (χ3n) is 7.14. The molecular formula is C23H27Br3N2O3. The molecule has 1 aromatic rings. The summed E-state index contributed by atoms with van der Waals surface area (Å²) < 4.78 is 1.03. The van der Waals surface area contributed by atoms with E-state index in [-0.39, 0.29) is 51.0 Å². The fraction of sp³-hybridized carbons (Fsp3) is 0.609. The molecule has 3 aliphatic rings. The molecule has 31 heavy (non-hydrogen) atoms. The van der Waals surface area contributed by atoms with Crippen LogP contribution in [0.25, 0.3) is 0 Å². The van der Waals surface area contributed by atoms with Crippen LogP contribution in [0.2, 0.25) is 0 Å². The summed E-state index contributed by atoms with van der Waals surface area (Å²) in [4.78, 5) is 40.1. The zero-order valence-electron chi connectivity index (χ0n) is 17.7. The van der Waals surface area contributed by atoms with Crippen LogP contribution in [0.15, 0.2) is 16.6 Å². The average molecular weight is 619 g/mol. The van der Waals surface area contributed by atoms with E-state index in [1.165, 1.54) is 4.90 Å². The molecule has 3 fully saturated rings. The fourth-order valence-corrected chi connectivity index (χ4v) is 7.82. The minimum atomic E-state index is -0.140. The van der Waals surface area contributed by atoms with Crippen LogP contribution in [-0.4, -0.2) is 38.8 Å². The lowest BCUT2D eigenvalue weighted by molar-refractivity contribution is -0.140. The molecule has 1 aromatic carbocycles. The number of carbonyl (C=O) groups is 3. The van der Waals surface area contributed by atoms with Crippen molar-refractivity contribution >= 4 is 71.2 Å². The standard InChI is InChI=1S/C23H27Br3N2O3/c1-11-9-16(12(2)8-15(11)24)27-17(29)6-4-3-5-7-28-22(30)18-13-10-14(19(18)23(28)31)21(26)20(13)25/h8-9,13-14,18-21H,3-7,10H2,1-2H3,(H,27,29)/t13-,14+,18+,19-,20-,21-/m1/s1. The van der Waals surface area contributed by atoms with Crippen LogP contribution in [-0.2, 0) is 14.4 Å². The van der Waals surface area contributed by atoms with E-state index in [0.29, 0.717) is 13.0 Å². The number of imide groups is 1. The Labute approximate surface area is 208 Å². The molecule has 6 atom stereocenters. The topological polar surface area (TPSA) is 66.5 Å². The van der Waals surface area contributed by atoms with Gasteiger partial charge in [0.05, 0.1) is 11.8 Å². The summed E-state index contributed by atoms with van der Waals surface area (Å²) in [5.41, 5.74) is 2.94. The van der Waals surface area contributed by atoms with Crippen LogP contribution in [0.3, 0.4) is 0 Å². The smallest absolute Gasteiger partial charge is 0.233 e. The molecule has 1 aliphatic heterocycles. The summed E-state index contributed by atoms with van der Waals surface area (Å²) in [6.07, 6.45) is 3.68. The number of nitrogens with one attached hydrogen (secondary N) is 1. The van der Waals surface area contributed by atoms with Crippen molar-refractivity contribution in [3.05, 3.63) is 27.7 Å². The van der Waals surface area contributed by atoms with Gasteiger partial charge in [-0.2, -0.15) is 0 Å². The maximum Gasteiger partial charge on any atom is 0.233 e. The Morgan fingerprint density at radius 1 is 1.00 bits per heavy atom. The van der Waals surface area contributed by atoms with E-state index in [9.17, 15) is 14.4 Å². The van der Waals surface area contributed by atoms with Gasteiger partial charge < -0.3 is 5.32 Å². The third kappa shape index (κ3) is 4.29. The first-order valence-corrected chi connectivity index (χ1v) is 13.5. The summed E-state index contributed by atoms with van der Waals surface area (Å²) in [6.45, 7) is 4.44.